The number of carbonyl (C=O) groups excluding carboxylic acids is 1. The molecule has 3 heteroatoms. The summed E-state index contributed by atoms with van der Waals surface area (Å²) in [6.45, 7) is 5.26. The molecule has 1 aliphatic rings. The summed E-state index contributed by atoms with van der Waals surface area (Å²) in [4.78, 5) is 18.8. The van der Waals surface area contributed by atoms with Crippen LogP contribution >= 0.6 is 0 Å². The standard InChI is InChI=1S/C17H26N2O/c1-14(2)7-8-17(20)19-13-5-3-4-6-16(19)15-9-11-18-12-10-15/h9-12,14,16H,3-8,13H2,1-2H3/t16-/m0/s1. The second-order valence-electron chi connectivity index (χ2n) is 6.17. The zero-order chi connectivity index (χ0) is 14.4. The van der Waals surface area contributed by atoms with Gasteiger partial charge in [-0.3, -0.25) is 9.78 Å². The molecule has 1 aliphatic heterocycles. The number of nitrogens with zero attached hydrogens (tertiary/aromatic N) is 2. The van der Waals surface area contributed by atoms with Crippen molar-refractivity contribution in [3.8, 4) is 0 Å². The maximum absolute atomic E-state index is 12.5. The highest BCUT2D eigenvalue weighted by atomic mass is 16.2. The topological polar surface area (TPSA) is 33.2 Å². The third kappa shape index (κ3) is 4.06. The smallest absolute Gasteiger partial charge is 0.223 e. The van der Waals surface area contributed by atoms with Gasteiger partial charge in [0.2, 0.25) is 5.91 Å². The molecule has 0 unspecified atom stereocenters. The van der Waals surface area contributed by atoms with Crippen LogP contribution in [0, 0.1) is 5.92 Å². The predicted octanol–water partition coefficient (Wildman–Crippen LogP) is 3.96. The lowest BCUT2D eigenvalue weighted by Crippen LogP contribution is -2.34. The van der Waals surface area contributed by atoms with E-state index in [0.29, 0.717) is 18.2 Å². The number of aromatic nitrogens is 1. The first-order valence-corrected chi connectivity index (χ1v) is 7.88. The molecule has 0 saturated carbocycles. The lowest BCUT2D eigenvalue weighted by molar-refractivity contribution is -0.134. The van der Waals surface area contributed by atoms with Gasteiger partial charge in [-0.2, -0.15) is 0 Å². The van der Waals surface area contributed by atoms with Crippen LogP contribution in [0.2, 0.25) is 0 Å². The van der Waals surface area contributed by atoms with Crippen molar-refractivity contribution >= 4 is 5.91 Å². The second-order valence-corrected chi connectivity index (χ2v) is 6.17. The van der Waals surface area contributed by atoms with Gasteiger partial charge in [-0.1, -0.05) is 26.7 Å². The van der Waals surface area contributed by atoms with Crippen molar-refractivity contribution in [2.75, 3.05) is 6.54 Å². The number of likely N-dealkylation sites (tertiary alicyclic amines) is 1. The summed E-state index contributed by atoms with van der Waals surface area (Å²) in [6, 6.07) is 4.36. The lowest BCUT2D eigenvalue weighted by atomic mass is 10.0. The largest absolute Gasteiger partial charge is 0.336 e. The molecule has 3 nitrogen and oxygen atoms in total. The summed E-state index contributed by atoms with van der Waals surface area (Å²) in [5.41, 5.74) is 1.24. The predicted molar refractivity (Wildman–Crippen MR) is 81.2 cm³/mol. The van der Waals surface area contributed by atoms with Crippen molar-refractivity contribution in [1.29, 1.82) is 0 Å². The van der Waals surface area contributed by atoms with E-state index in [1.807, 2.05) is 12.4 Å². The van der Waals surface area contributed by atoms with E-state index in [1.165, 1.54) is 18.4 Å². The fourth-order valence-corrected chi connectivity index (χ4v) is 2.89. The Bertz CT molecular complexity index is 416. The highest BCUT2D eigenvalue weighted by molar-refractivity contribution is 5.76. The van der Waals surface area contributed by atoms with Crippen molar-refractivity contribution in [2.45, 2.75) is 58.4 Å². The summed E-state index contributed by atoms with van der Waals surface area (Å²) in [7, 11) is 0. The van der Waals surface area contributed by atoms with Gasteiger partial charge in [-0.25, -0.2) is 0 Å². The monoisotopic (exact) mass is 274 g/mol. The first-order valence-electron chi connectivity index (χ1n) is 7.88. The number of rotatable bonds is 4. The maximum Gasteiger partial charge on any atom is 0.223 e. The molecule has 110 valence electrons. The van der Waals surface area contributed by atoms with Gasteiger partial charge in [0, 0.05) is 25.4 Å². The molecule has 1 atom stereocenters. The minimum absolute atomic E-state index is 0.250. The van der Waals surface area contributed by atoms with Crippen molar-refractivity contribution in [1.82, 2.24) is 9.88 Å². The van der Waals surface area contributed by atoms with Crippen LogP contribution in [0.5, 0.6) is 0 Å². The molecule has 1 amide bonds. The molecule has 0 radical (unpaired) electrons. The van der Waals surface area contributed by atoms with Crippen LogP contribution in [0.4, 0.5) is 0 Å². The summed E-state index contributed by atoms with van der Waals surface area (Å²) < 4.78 is 0. The fraction of sp³-hybridized carbons (Fsp3) is 0.647. The van der Waals surface area contributed by atoms with E-state index in [-0.39, 0.29) is 6.04 Å². The van der Waals surface area contributed by atoms with Gasteiger partial charge in [0.15, 0.2) is 0 Å². The van der Waals surface area contributed by atoms with Gasteiger partial charge in [0.1, 0.15) is 0 Å². The highest BCUT2D eigenvalue weighted by Gasteiger charge is 2.26. The van der Waals surface area contributed by atoms with Crippen LogP contribution in [-0.4, -0.2) is 22.3 Å². The molecular weight excluding hydrogens is 248 g/mol. The summed E-state index contributed by atoms with van der Waals surface area (Å²) in [5.74, 6) is 0.910. The van der Waals surface area contributed by atoms with Gasteiger partial charge in [-0.15, -0.1) is 0 Å². The molecule has 0 bridgehead atoms. The van der Waals surface area contributed by atoms with Crippen LogP contribution in [0.15, 0.2) is 24.5 Å². The SMILES string of the molecule is CC(C)CCC(=O)N1CCCCC[C@H]1c1ccncc1. The minimum atomic E-state index is 0.250. The average Bonchev–Trinajstić information content (AvgIpc) is 2.71. The van der Waals surface area contributed by atoms with Crippen LogP contribution in [0.25, 0.3) is 0 Å². The molecule has 1 aromatic rings. The molecule has 1 fully saturated rings. The van der Waals surface area contributed by atoms with Crippen molar-refractivity contribution in [3.05, 3.63) is 30.1 Å². The van der Waals surface area contributed by atoms with E-state index >= 15 is 0 Å². The van der Waals surface area contributed by atoms with E-state index in [0.717, 1.165) is 25.8 Å². The Morgan fingerprint density at radius 3 is 2.75 bits per heavy atom. The van der Waals surface area contributed by atoms with Gasteiger partial charge < -0.3 is 4.90 Å². The Balaban J connectivity index is 2.11. The normalized spacial score (nSPS) is 19.9. The number of amides is 1. The Morgan fingerprint density at radius 1 is 1.30 bits per heavy atom. The quantitative estimate of drug-likeness (QED) is 0.832. The van der Waals surface area contributed by atoms with Gasteiger partial charge >= 0.3 is 0 Å². The van der Waals surface area contributed by atoms with Gasteiger partial charge in [0.25, 0.3) is 0 Å². The highest BCUT2D eigenvalue weighted by Crippen LogP contribution is 2.30. The number of hydrogen-bond donors (Lipinski definition) is 0. The summed E-state index contributed by atoms with van der Waals surface area (Å²) in [5, 5.41) is 0. The molecular formula is C17H26N2O. The minimum Gasteiger partial charge on any atom is -0.336 e. The molecule has 2 heterocycles. The summed E-state index contributed by atoms with van der Waals surface area (Å²) >= 11 is 0. The zero-order valence-electron chi connectivity index (χ0n) is 12.7. The van der Waals surface area contributed by atoms with Crippen molar-refractivity contribution in [2.24, 2.45) is 5.92 Å². The second kappa shape index (κ2) is 7.41. The van der Waals surface area contributed by atoms with E-state index in [1.54, 1.807) is 0 Å². The molecule has 0 N–H and O–H groups in total. The Hall–Kier alpha value is -1.38. The molecule has 1 aromatic heterocycles. The Labute approximate surface area is 122 Å². The molecule has 1 saturated heterocycles. The van der Waals surface area contributed by atoms with Gasteiger partial charge in [0.05, 0.1) is 6.04 Å². The zero-order valence-corrected chi connectivity index (χ0v) is 12.7. The van der Waals surface area contributed by atoms with Crippen LogP contribution in [0.3, 0.4) is 0 Å². The molecule has 0 spiro atoms. The van der Waals surface area contributed by atoms with Crippen LogP contribution in [-0.2, 0) is 4.79 Å². The molecule has 0 aliphatic carbocycles. The number of hydrogen-bond acceptors (Lipinski definition) is 2. The van der Waals surface area contributed by atoms with Crippen molar-refractivity contribution < 1.29 is 4.79 Å². The first-order chi connectivity index (χ1) is 9.68. The van der Waals surface area contributed by atoms with Gasteiger partial charge in [-0.05, 0) is 42.9 Å². The lowest BCUT2D eigenvalue weighted by Gasteiger charge is -2.30. The molecule has 0 aromatic carbocycles. The maximum atomic E-state index is 12.5. The van der Waals surface area contributed by atoms with E-state index in [4.69, 9.17) is 0 Å². The fourth-order valence-electron chi connectivity index (χ4n) is 2.89. The number of carbonyl (C=O) groups is 1. The molecule has 2 rings (SSSR count). The Morgan fingerprint density at radius 2 is 2.05 bits per heavy atom. The third-order valence-corrected chi connectivity index (χ3v) is 4.10. The van der Waals surface area contributed by atoms with E-state index < -0.39 is 0 Å². The van der Waals surface area contributed by atoms with Crippen molar-refractivity contribution in [3.63, 3.8) is 0 Å². The average molecular weight is 274 g/mol. The third-order valence-electron chi connectivity index (χ3n) is 4.10. The van der Waals surface area contributed by atoms with E-state index in [9.17, 15) is 4.79 Å². The number of pyridine rings is 1. The Kier molecular flexibility index (Phi) is 5.57. The summed E-state index contributed by atoms with van der Waals surface area (Å²) in [6.07, 6.45) is 9.98. The van der Waals surface area contributed by atoms with Crippen LogP contribution < -0.4 is 0 Å². The van der Waals surface area contributed by atoms with E-state index in [2.05, 4.69) is 35.9 Å². The molecule has 20 heavy (non-hydrogen) atoms. The first kappa shape index (κ1) is 15.0. The van der Waals surface area contributed by atoms with Crippen LogP contribution in [0.1, 0.15) is 64.0 Å².